The number of para-hydroxylation sites is 2. The second-order valence-corrected chi connectivity index (χ2v) is 6.76. The number of benzene rings is 2. The van der Waals surface area contributed by atoms with Crippen LogP contribution < -0.4 is 5.73 Å². The van der Waals surface area contributed by atoms with E-state index in [0.717, 1.165) is 11.0 Å². The first-order valence-electron chi connectivity index (χ1n) is 7.76. The lowest BCUT2D eigenvalue weighted by Crippen LogP contribution is -2.37. The van der Waals surface area contributed by atoms with Gasteiger partial charge in [-0.15, -0.1) is 0 Å². The molecule has 6 heteroatoms. The zero-order chi connectivity index (χ0) is 17.5. The van der Waals surface area contributed by atoms with Crippen LogP contribution in [0.5, 0.6) is 0 Å². The Hall–Kier alpha value is -2.73. The standard InChI is InChI=1S/C18H20N4O2/c1-12-8-9-13(10-16(12)22(23)24)17-20-14-6-4-5-7-15(14)21(17)11-18(2,3)19/h4-10H,11,19H2,1-3H3. The van der Waals surface area contributed by atoms with Crippen molar-refractivity contribution >= 4 is 16.7 Å². The van der Waals surface area contributed by atoms with Crippen molar-refractivity contribution in [3.05, 3.63) is 58.1 Å². The van der Waals surface area contributed by atoms with Gasteiger partial charge in [-0.3, -0.25) is 10.1 Å². The third-order valence-electron chi connectivity index (χ3n) is 3.88. The first-order valence-corrected chi connectivity index (χ1v) is 7.76. The Bertz CT molecular complexity index is 922. The summed E-state index contributed by atoms with van der Waals surface area (Å²) in [5.41, 5.74) is 9.03. The van der Waals surface area contributed by atoms with E-state index in [9.17, 15) is 10.1 Å². The number of nitrogens with two attached hydrogens (primary N) is 1. The van der Waals surface area contributed by atoms with Crippen LogP contribution >= 0.6 is 0 Å². The highest BCUT2D eigenvalue weighted by Crippen LogP contribution is 2.30. The van der Waals surface area contributed by atoms with E-state index in [0.29, 0.717) is 23.5 Å². The predicted octanol–water partition coefficient (Wildman–Crippen LogP) is 3.66. The van der Waals surface area contributed by atoms with Gasteiger partial charge in [0.2, 0.25) is 0 Å². The average molecular weight is 324 g/mol. The largest absolute Gasteiger partial charge is 0.324 e. The lowest BCUT2D eigenvalue weighted by atomic mass is 10.1. The van der Waals surface area contributed by atoms with E-state index in [1.54, 1.807) is 19.1 Å². The van der Waals surface area contributed by atoms with Gasteiger partial charge in [0.15, 0.2) is 0 Å². The van der Waals surface area contributed by atoms with Gasteiger partial charge < -0.3 is 10.3 Å². The molecule has 1 aromatic heterocycles. The van der Waals surface area contributed by atoms with E-state index in [-0.39, 0.29) is 10.6 Å². The minimum atomic E-state index is -0.436. The van der Waals surface area contributed by atoms with Crippen LogP contribution in [0.15, 0.2) is 42.5 Å². The number of aromatic nitrogens is 2. The highest BCUT2D eigenvalue weighted by atomic mass is 16.6. The number of aryl methyl sites for hydroxylation is 1. The van der Waals surface area contributed by atoms with Crippen molar-refractivity contribution < 1.29 is 4.92 Å². The smallest absolute Gasteiger partial charge is 0.273 e. The molecule has 124 valence electrons. The molecule has 2 aromatic carbocycles. The van der Waals surface area contributed by atoms with Crippen LogP contribution in [-0.4, -0.2) is 20.0 Å². The summed E-state index contributed by atoms with van der Waals surface area (Å²) in [4.78, 5) is 15.6. The number of nitro benzene ring substituents is 1. The Morgan fingerprint density at radius 3 is 2.62 bits per heavy atom. The van der Waals surface area contributed by atoms with E-state index >= 15 is 0 Å². The molecule has 3 rings (SSSR count). The molecule has 0 aliphatic heterocycles. The molecule has 2 N–H and O–H groups in total. The van der Waals surface area contributed by atoms with E-state index in [1.807, 2.05) is 48.7 Å². The molecular formula is C18H20N4O2. The predicted molar refractivity (Wildman–Crippen MR) is 94.8 cm³/mol. The summed E-state index contributed by atoms with van der Waals surface area (Å²) in [6.07, 6.45) is 0. The number of imidazole rings is 1. The molecule has 0 unspecified atom stereocenters. The van der Waals surface area contributed by atoms with Gasteiger partial charge in [-0.25, -0.2) is 4.98 Å². The normalized spacial score (nSPS) is 11.8. The van der Waals surface area contributed by atoms with E-state index in [4.69, 9.17) is 5.73 Å². The Morgan fingerprint density at radius 1 is 1.25 bits per heavy atom. The van der Waals surface area contributed by atoms with Crippen LogP contribution in [0.2, 0.25) is 0 Å². The molecule has 0 radical (unpaired) electrons. The molecule has 0 spiro atoms. The maximum Gasteiger partial charge on any atom is 0.273 e. The fourth-order valence-electron chi connectivity index (χ4n) is 2.81. The maximum atomic E-state index is 11.2. The van der Waals surface area contributed by atoms with Gasteiger partial charge >= 0.3 is 0 Å². The number of fused-ring (bicyclic) bond motifs is 1. The molecule has 24 heavy (non-hydrogen) atoms. The number of nitrogens with zero attached hydrogens (tertiary/aromatic N) is 3. The summed E-state index contributed by atoms with van der Waals surface area (Å²) in [5, 5.41) is 11.2. The second kappa shape index (κ2) is 5.72. The molecule has 1 heterocycles. The topological polar surface area (TPSA) is 87.0 Å². The van der Waals surface area contributed by atoms with Crippen molar-refractivity contribution in [3.63, 3.8) is 0 Å². The van der Waals surface area contributed by atoms with Crippen molar-refractivity contribution in [2.24, 2.45) is 5.73 Å². The minimum Gasteiger partial charge on any atom is -0.324 e. The van der Waals surface area contributed by atoms with E-state index in [2.05, 4.69) is 4.98 Å². The molecule has 0 fully saturated rings. The van der Waals surface area contributed by atoms with Crippen LogP contribution in [0.25, 0.3) is 22.4 Å². The van der Waals surface area contributed by atoms with Crippen molar-refractivity contribution in [3.8, 4) is 11.4 Å². The van der Waals surface area contributed by atoms with Crippen molar-refractivity contribution in [1.82, 2.24) is 9.55 Å². The van der Waals surface area contributed by atoms with Gasteiger partial charge in [0.1, 0.15) is 5.82 Å². The fraction of sp³-hybridized carbons (Fsp3) is 0.278. The Labute approximate surface area is 140 Å². The van der Waals surface area contributed by atoms with E-state index in [1.165, 1.54) is 0 Å². The lowest BCUT2D eigenvalue weighted by Gasteiger charge is -2.21. The fourth-order valence-corrected chi connectivity index (χ4v) is 2.81. The van der Waals surface area contributed by atoms with Crippen LogP contribution in [0, 0.1) is 17.0 Å². The quantitative estimate of drug-likeness (QED) is 0.586. The number of hydrogen-bond donors (Lipinski definition) is 1. The maximum absolute atomic E-state index is 11.2. The molecule has 0 saturated heterocycles. The molecular weight excluding hydrogens is 304 g/mol. The van der Waals surface area contributed by atoms with Crippen molar-refractivity contribution in [1.29, 1.82) is 0 Å². The summed E-state index contributed by atoms with van der Waals surface area (Å²) in [6.45, 7) is 6.19. The first kappa shape index (κ1) is 16.1. The Morgan fingerprint density at radius 2 is 1.96 bits per heavy atom. The lowest BCUT2D eigenvalue weighted by molar-refractivity contribution is -0.385. The van der Waals surface area contributed by atoms with Gasteiger partial charge in [0.05, 0.1) is 16.0 Å². The number of hydrogen-bond acceptors (Lipinski definition) is 4. The Kier molecular flexibility index (Phi) is 3.85. The third-order valence-corrected chi connectivity index (χ3v) is 3.88. The molecule has 0 aliphatic carbocycles. The van der Waals surface area contributed by atoms with E-state index < -0.39 is 5.54 Å². The van der Waals surface area contributed by atoms with Crippen molar-refractivity contribution in [2.45, 2.75) is 32.9 Å². The number of nitro groups is 1. The van der Waals surface area contributed by atoms with Gasteiger partial charge in [0.25, 0.3) is 5.69 Å². The zero-order valence-corrected chi connectivity index (χ0v) is 14.0. The molecule has 0 amide bonds. The zero-order valence-electron chi connectivity index (χ0n) is 14.0. The molecule has 0 bridgehead atoms. The summed E-state index contributed by atoms with van der Waals surface area (Å²) >= 11 is 0. The van der Waals surface area contributed by atoms with Gasteiger partial charge in [-0.05, 0) is 32.9 Å². The molecule has 3 aromatic rings. The van der Waals surface area contributed by atoms with Crippen LogP contribution in [0.3, 0.4) is 0 Å². The van der Waals surface area contributed by atoms with Gasteiger partial charge in [0, 0.05) is 29.3 Å². The van der Waals surface area contributed by atoms with Crippen LogP contribution in [-0.2, 0) is 6.54 Å². The van der Waals surface area contributed by atoms with Crippen molar-refractivity contribution in [2.75, 3.05) is 0 Å². The molecule has 0 saturated carbocycles. The van der Waals surface area contributed by atoms with Crippen LogP contribution in [0.1, 0.15) is 19.4 Å². The van der Waals surface area contributed by atoms with Gasteiger partial charge in [-0.1, -0.05) is 24.3 Å². The Balaban J connectivity index is 2.24. The average Bonchev–Trinajstić information content (AvgIpc) is 2.84. The second-order valence-electron chi connectivity index (χ2n) is 6.76. The summed E-state index contributed by atoms with van der Waals surface area (Å²) < 4.78 is 2.03. The molecule has 0 aliphatic rings. The summed E-state index contributed by atoms with van der Waals surface area (Å²) in [5.74, 6) is 0.692. The SMILES string of the molecule is Cc1ccc(-c2nc3ccccc3n2CC(C)(C)N)cc1[N+](=O)[O-]. The third kappa shape index (κ3) is 3.00. The highest BCUT2D eigenvalue weighted by Gasteiger charge is 2.20. The van der Waals surface area contributed by atoms with Gasteiger partial charge in [-0.2, -0.15) is 0 Å². The molecule has 6 nitrogen and oxygen atoms in total. The highest BCUT2D eigenvalue weighted by molar-refractivity contribution is 5.81. The monoisotopic (exact) mass is 324 g/mol. The minimum absolute atomic E-state index is 0.0955. The number of rotatable bonds is 4. The first-order chi connectivity index (χ1) is 11.3. The summed E-state index contributed by atoms with van der Waals surface area (Å²) in [6, 6.07) is 13.0. The molecule has 0 atom stereocenters. The summed E-state index contributed by atoms with van der Waals surface area (Å²) in [7, 11) is 0. The van der Waals surface area contributed by atoms with Crippen LogP contribution in [0.4, 0.5) is 5.69 Å².